The summed E-state index contributed by atoms with van der Waals surface area (Å²) >= 11 is 0. The van der Waals surface area contributed by atoms with Gasteiger partial charge in [-0.05, 0) is 42.9 Å². The van der Waals surface area contributed by atoms with Crippen LogP contribution in [0.2, 0.25) is 0 Å². The van der Waals surface area contributed by atoms with Crippen molar-refractivity contribution in [1.29, 1.82) is 0 Å². The Morgan fingerprint density at radius 3 is 2.52 bits per heavy atom. The predicted octanol–water partition coefficient (Wildman–Crippen LogP) is 3.69. The van der Waals surface area contributed by atoms with Gasteiger partial charge in [-0.1, -0.05) is 18.1 Å². The average molecular weight is 401 g/mol. The third-order valence-corrected chi connectivity index (χ3v) is 4.95. The van der Waals surface area contributed by atoms with Gasteiger partial charge in [-0.25, -0.2) is 0 Å². The lowest BCUT2D eigenvalue weighted by molar-refractivity contribution is -0.138. The summed E-state index contributed by atoms with van der Waals surface area (Å²) in [5.41, 5.74) is 0.378. The number of halogens is 3. The van der Waals surface area contributed by atoms with Gasteiger partial charge in [0.1, 0.15) is 0 Å². The quantitative estimate of drug-likeness (QED) is 0.794. The molecule has 0 aliphatic carbocycles. The van der Waals surface area contributed by atoms with Gasteiger partial charge in [0.2, 0.25) is 0 Å². The minimum Gasteiger partial charge on any atom is -0.322 e. The van der Waals surface area contributed by atoms with Crippen LogP contribution in [-0.4, -0.2) is 48.9 Å². The van der Waals surface area contributed by atoms with E-state index in [1.165, 1.54) is 18.2 Å². The standard InChI is InChI=1S/C22H22F3N3O/c1-3-16-5-4-6-17(13-16)21(29)26-19-8-7-18(20(14-19)22(23,24)25)15-28-11-9-27(2)10-12-28/h1,4-8,13-14H,9-12,15H2,2H3,(H,26,29). The SMILES string of the molecule is C#Cc1cccc(C(=O)Nc2ccc(CN3CCN(C)CC3)c(C(F)(F)F)c2)c1. The Hall–Kier alpha value is -2.82. The third kappa shape index (κ3) is 5.37. The zero-order valence-corrected chi connectivity index (χ0v) is 16.1. The number of terminal acetylenes is 1. The topological polar surface area (TPSA) is 35.6 Å². The lowest BCUT2D eigenvalue weighted by atomic mass is 10.0. The van der Waals surface area contributed by atoms with Crippen molar-refractivity contribution in [3.63, 3.8) is 0 Å². The van der Waals surface area contributed by atoms with Gasteiger partial charge in [0.25, 0.3) is 5.91 Å². The molecule has 4 nitrogen and oxygen atoms in total. The third-order valence-electron chi connectivity index (χ3n) is 4.95. The molecule has 29 heavy (non-hydrogen) atoms. The van der Waals surface area contributed by atoms with Crippen molar-refractivity contribution in [1.82, 2.24) is 9.80 Å². The van der Waals surface area contributed by atoms with Crippen LogP contribution in [0.25, 0.3) is 0 Å². The molecule has 1 N–H and O–H groups in total. The molecule has 1 aliphatic rings. The number of hydrogen-bond acceptors (Lipinski definition) is 3. The lowest BCUT2D eigenvalue weighted by Crippen LogP contribution is -2.44. The van der Waals surface area contributed by atoms with Gasteiger partial charge >= 0.3 is 6.18 Å². The van der Waals surface area contributed by atoms with Gasteiger partial charge < -0.3 is 10.2 Å². The van der Waals surface area contributed by atoms with Gasteiger partial charge in [-0.15, -0.1) is 6.42 Å². The van der Waals surface area contributed by atoms with Crippen LogP contribution in [0.4, 0.5) is 18.9 Å². The fourth-order valence-corrected chi connectivity index (χ4v) is 3.26. The summed E-state index contributed by atoms with van der Waals surface area (Å²) in [6.07, 6.45) is 0.819. The van der Waals surface area contributed by atoms with Crippen molar-refractivity contribution in [3.8, 4) is 12.3 Å². The summed E-state index contributed by atoms with van der Waals surface area (Å²) in [5.74, 6) is 1.92. The van der Waals surface area contributed by atoms with E-state index in [0.717, 1.165) is 32.2 Å². The molecule has 2 aromatic rings. The summed E-state index contributed by atoms with van der Waals surface area (Å²) in [5, 5.41) is 2.53. The first kappa shape index (κ1) is 20.9. The van der Waals surface area contributed by atoms with Gasteiger partial charge in [0.05, 0.1) is 5.56 Å². The molecular formula is C22H22F3N3O. The summed E-state index contributed by atoms with van der Waals surface area (Å²) in [6, 6.07) is 10.3. The maximum Gasteiger partial charge on any atom is 0.416 e. The van der Waals surface area contributed by atoms with Crippen molar-refractivity contribution in [2.24, 2.45) is 0 Å². The van der Waals surface area contributed by atoms with Gasteiger partial charge in [0, 0.05) is 49.5 Å². The number of hydrogen-bond donors (Lipinski definition) is 1. The number of piperazine rings is 1. The second-order valence-electron chi connectivity index (χ2n) is 7.13. The lowest BCUT2D eigenvalue weighted by Gasteiger charge is -2.33. The maximum absolute atomic E-state index is 13.6. The van der Waals surface area contributed by atoms with Crippen molar-refractivity contribution >= 4 is 11.6 Å². The Morgan fingerprint density at radius 2 is 1.86 bits per heavy atom. The number of carbonyl (C=O) groups excluding carboxylic acids is 1. The first-order valence-corrected chi connectivity index (χ1v) is 9.25. The molecule has 0 saturated carbocycles. The van der Waals surface area contributed by atoms with Crippen LogP contribution < -0.4 is 5.32 Å². The van der Waals surface area contributed by atoms with Gasteiger partial charge in [0.15, 0.2) is 0 Å². The second kappa shape index (κ2) is 8.68. The van der Waals surface area contributed by atoms with Crippen LogP contribution in [0.3, 0.4) is 0 Å². The molecule has 0 radical (unpaired) electrons. The average Bonchev–Trinajstić information content (AvgIpc) is 2.70. The monoisotopic (exact) mass is 401 g/mol. The molecule has 1 heterocycles. The molecule has 7 heteroatoms. The zero-order valence-electron chi connectivity index (χ0n) is 16.1. The Balaban J connectivity index is 1.80. The molecule has 0 spiro atoms. The summed E-state index contributed by atoms with van der Waals surface area (Å²) < 4.78 is 40.9. The molecule has 1 aliphatic heterocycles. The maximum atomic E-state index is 13.6. The molecule has 2 aromatic carbocycles. The summed E-state index contributed by atoms with van der Waals surface area (Å²) in [6.45, 7) is 3.31. The van der Waals surface area contributed by atoms with Gasteiger partial charge in [-0.3, -0.25) is 9.69 Å². The first-order valence-electron chi connectivity index (χ1n) is 9.25. The fourth-order valence-electron chi connectivity index (χ4n) is 3.26. The molecule has 0 aromatic heterocycles. The van der Waals surface area contributed by atoms with E-state index < -0.39 is 17.6 Å². The Labute approximate surface area is 168 Å². The van der Waals surface area contributed by atoms with Crippen molar-refractivity contribution in [3.05, 3.63) is 64.7 Å². The number of likely N-dealkylation sites (N-methyl/N-ethyl adjacent to an activating group) is 1. The van der Waals surface area contributed by atoms with E-state index in [-0.39, 0.29) is 23.4 Å². The largest absolute Gasteiger partial charge is 0.416 e. The molecule has 0 unspecified atom stereocenters. The number of rotatable bonds is 4. The van der Waals surface area contributed by atoms with Crippen molar-refractivity contribution in [2.45, 2.75) is 12.7 Å². The smallest absolute Gasteiger partial charge is 0.322 e. The van der Waals surface area contributed by atoms with E-state index in [9.17, 15) is 18.0 Å². The van der Waals surface area contributed by atoms with Crippen LogP contribution in [0.15, 0.2) is 42.5 Å². The van der Waals surface area contributed by atoms with Crippen LogP contribution in [0.5, 0.6) is 0 Å². The Morgan fingerprint density at radius 1 is 1.14 bits per heavy atom. The van der Waals surface area contributed by atoms with Crippen LogP contribution in [0, 0.1) is 12.3 Å². The Bertz CT molecular complexity index is 926. The van der Waals surface area contributed by atoms with E-state index in [4.69, 9.17) is 6.42 Å². The van der Waals surface area contributed by atoms with E-state index >= 15 is 0 Å². The minimum atomic E-state index is -4.51. The highest BCUT2D eigenvalue weighted by Gasteiger charge is 2.34. The number of anilines is 1. The van der Waals surface area contributed by atoms with E-state index in [0.29, 0.717) is 5.56 Å². The summed E-state index contributed by atoms with van der Waals surface area (Å²) in [7, 11) is 2.00. The molecule has 1 amide bonds. The molecule has 1 saturated heterocycles. The predicted molar refractivity (Wildman–Crippen MR) is 107 cm³/mol. The molecule has 3 rings (SSSR count). The highest BCUT2D eigenvalue weighted by molar-refractivity contribution is 6.04. The van der Waals surface area contributed by atoms with E-state index in [2.05, 4.69) is 16.1 Å². The fraction of sp³-hybridized carbons (Fsp3) is 0.318. The van der Waals surface area contributed by atoms with E-state index in [1.807, 2.05) is 11.9 Å². The van der Waals surface area contributed by atoms with Crippen molar-refractivity contribution in [2.75, 3.05) is 38.5 Å². The number of nitrogens with zero attached hydrogens (tertiary/aromatic N) is 2. The number of benzene rings is 2. The number of alkyl halides is 3. The molecule has 152 valence electrons. The molecule has 0 bridgehead atoms. The second-order valence-corrected chi connectivity index (χ2v) is 7.13. The highest BCUT2D eigenvalue weighted by Crippen LogP contribution is 2.34. The van der Waals surface area contributed by atoms with Crippen LogP contribution >= 0.6 is 0 Å². The molecular weight excluding hydrogens is 379 g/mol. The molecule has 1 fully saturated rings. The van der Waals surface area contributed by atoms with Crippen LogP contribution in [-0.2, 0) is 12.7 Å². The van der Waals surface area contributed by atoms with Crippen LogP contribution in [0.1, 0.15) is 27.0 Å². The Kier molecular flexibility index (Phi) is 6.26. The number of nitrogens with one attached hydrogen (secondary N) is 1. The first-order chi connectivity index (χ1) is 13.8. The number of amides is 1. The number of carbonyl (C=O) groups is 1. The normalized spacial score (nSPS) is 15.7. The minimum absolute atomic E-state index is 0.0931. The molecule has 0 atom stereocenters. The van der Waals surface area contributed by atoms with E-state index in [1.54, 1.807) is 18.2 Å². The highest BCUT2D eigenvalue weighted by atomic mass is 19.4. The summed E-state index contributed by atoms with van der Waals surface area (Å²) in [4.78, 5) is 16.6. The van der Waals surface area contributed by atoms with Gasteiger partial charge in [-0.2, -0.15) is 13.2 Å². The zero-order chi connectivity index (χ0) is 21.0. The van der Waals surface area contributed by atoms with Crippen molar-refractivity contribution < 1.29 is 18.0 Å².